The second kappa shape index (κ2) is 9.29. The van der Waals surface area contributed by atoms with Crippen molar-refractivity contribution >= 4 is 39.7 Å². The summed E-state index contributed by atoms with van der Waals surface area (Å²) < 4.78 is 11.7. The molecule has 0 spiro atoms. The number of nitrogens with zero attached hydrogens (tertiary/aromatic N) is 2. The largest absolute Gasteiger partial charge is 0.493 e. The second-order valence-corrected chi connectivity index (χ2v) is 8.66. The number of allylic oxidation sites excluding steroid dienone is 1. The lowest BCUT2D eigenvalue weighted by atomic mass is 9.98. The van der Waals surface area contributed by atoms with Crippen LogP contribution in [0.4, 0.5) is 5.69 Å². The summed E-state index contributed by atoms with van der Waals surface area (Å²) in [5, 5.41) is 1.78. The molecule has 1 aliphatic rings. The summed E-state index contributed by atoms with van der Waals surface area (Å²) in [6.07, 6.45) is 3.49. The van der Waals surface area contributed by atoms with E-state index in [2.05, 4.69) is 17.0 Å². The molecule has 1 aromatic heterocycles. The molecule has 0 unspecified atom stereocenters. The Morgan fingerprint density at radius 1 is 1.19 bits per heavy atom. The first-order chi connectivity index (χ1) is 15.4. The molecule has 5 nitrogen and oxygen atoms in total. The molecule has 2 heterocycles. The molecular weight excluding hydrogens is 424 g/mol. The number of hydrogen-bond donors (Lipinski definition) is 0. The topological polar surface area (TPSA) is 45.9 Å². The Bertz CT molecular complexity index is 1170. The average Bonchev–Trinajstić information content (AvgIpc) is 3.16. The van der Waals surface area contributed by atoms with Crippen molar-refractivity contribution in [3.8, 4) is 5.75 Å². The zero-order valence-electron chi connectivity index (χ0n) is 19.1. The molecule has 32 heavy (non-hydrogen) atoms. The molecular formula is C26H29ClN2O3. The van der Waals surface area contributed by atoms with Crippen molar-refractivity contribution in [2.45, 2.75) is 27.7 Å². The predicted octanol–water partition coefficient (Wildman–Crippen LogP) is 5.85. The van der Waals surface area contributed by atoms with Crippen molar-refractivity contribution in [1.82, 2.24) is 4.90 Å². The van der Waals surface area contributed by atoms with Gasteiger partial charge in [-0.2, -0.15) is 0 Å². The highest BCUT2D eigenvalue weighted by Crippen LogP contribution is 2.37. The fourth-order valence-corrected chi connectivity index (χ4v) is 4.46. The van der Waals surface area contributed by atoms with Crippen LogP contribution in [0.25, 0.3) is 16.5 Å². The molecule has 168 valence electrons. The molecule has 1 aliphatic heterocycles. The Hall–Kier alpha value is -2.92. The minimum Gasteiger partial charge on any atom is -0.493 e. The SMILES string of the molecule is CCOc1c(/C(C)=C/C(=O)N2CCN(c3cccc(Cl)c3)CC2)cc2c(C)coc2c1C. The lowest BCUT2D eigenvalue weighted by Gasteiger charge is -2.35. The number of rotatable bonds is 5. The molecule has 6 heteroatoms. The first kappa shape index (κ1) is 22.3. The highest BCUT2D eigenvalue weighted by Gasteiger charge is 2.22. The fourth-order valence-electron chi connectivity index (χ4n) is 4.27. The van der Waals surface area contributed by atoms with Gasteiger partial charge in [0.2, 0.25) is 5.91 Å². The van der Waals surface area contributed by atoms with Crippen LogP contribution in [0.5, 0.6) is 5.75 Å². The molecule has 4 rings (SSSR count). The summed E-state index contributed by atoms with van der Waals surface area (Å²) in [6, 6.07) is 9.92. The lowest BCUT2D eigenvalue weighted by Crippen LogP contribution is -2.48. The number of amides is 1. The molecule has 1 saturated heterocycles. The number of aryl methyl sites for hydroxylation is 2. The number of anilines is 1. The average molecular weight is 453 g/mol. The van der Waals surface area contributed by atoms with Gasteiger partial charge in [-0.15, -0.1) is 0 Å². The van der Waals surface area contributed by atoms with Crippen molar-refractivity contribution in [3.05, 3.63) is 64.4 Å². The fraction of sp³-hybridized carbons (Fsp3) is 0.346. The summed E-state index contributed by atoms with van der Waals surface area (Å²) in [7, 11) is 0. The van der Waals surface area contributed by atoms with E-state index in [0.29, 0.717) is 19.7 Å². The number of ether oxygens (including phenoxy) is 1. The summed E-state index contributed by atoms with van der Waals surface area (Å²) in [4.78, 5) is 17.2. The summed E-state index contributed by atoms with van der Waals surface area (Å²) >= 11 is 6.13. The van der Waals surface area contributed by atoms with Gasteiger partial charge in [-0.05, 0) is 63.1 Å². The molecule has 0 aliphatic carbocycles. The lowest BCUT2D eigenvalue weighted by molar-refractivity contribution is -0.126. The summed E-state index contributed by atoms with van der Waals surface area (Å²) in [6.45, 7) is 11.4. The number of furan rings is 1. The molecule has 2 aromatic carbocycles. The summed E-state index contributed by atoms with van der Waals surface area (Å²) in [5.41, 5.74) is 5.79. The minimum atomic E-state index is 0.0253. The Labute approximate surface area is 194 Å². The van der Waals surface area contributed by atoms with Crippen molar-refractivity contribution in [2.24, 2.45) is 0 Å². The normalized spacial score (nSPS) is 14.8. The molecule has 0 radical (unpaired) electrons. The van der Waals surface area contributed by atoms with Crippen molar-refractivity contribution in [3.63, 3.8) is 0 Å². The van der Waals surface area contributed by atoms with E-state index in [4.69, 9.17) is 20.8 Å². The van der Waals surface area contributed by atoms with E-state index in [1.54, 1.807) is 12.3 Å². The van der Waals surface area contributed by atoms with Gasteiger partial charge < -0.3 is 19.0 Å². The van der Waals surface area contributed by atoms with Gasteiger partial charge in [0.15, 0.2) is 0 Å². The minimum absolute atomic E-state index is 0.0253. The number of halogens is 1. The van der Waals surface area contributed by atoms with Crippen LogP contribution in [0.3, 0.4) is 0 Å². The molecule has 3 aromatic rings. The van der Waals surface area contributed by atoms with Gasteiger partial charge in [-0.3, -0.25) is 4.79 Å². The van der Waals surface area contributed by atoms with Crippen LogP contribution in [-0.2, 0) is 4.79 Å². The number of piperazine rings is 1. The van der Waals surface area contributed by atoms with Crippen molar-refractivity contribution in [1.29, 1.82) is 0 Å². The molecule has 0 saturated carbocycles. The van der Waals surface area contributed by atoms with Gasteiger partial charge >= 0.3 is 0 Å². The van der Waals surface area contributed by atoms with Crippen LogP contribution in [0.2, 0.25) is 5.02 Å². The zero-order chi connectivity index (χ0) is 22.8. The van der Waals surface area contributed by atoms with Crippen LogP contribution in [-0.4, -0.2) is 43.6 Å². The van der Waals surface area contributed by atoms with E-state index in [1.165, 1.54) is 0 Å². The van der Waals surface area contributed by atoms with Gasteiger partial charge in [-0.25, -0.2) is 0 Å². The van der Waals surface area contributed by atoms with E-state index in [9.17, 15) is 4.79 Å². The van der Waals surface area contributed by atoms with Gasteiger partial charge in [-0.1, -0.05) is 17.7 Å². The number of hydrogen-bond acceptors (Lipinski definition) is 4. The molecule has 0 N–H and O–H groups in total. The van der Waals surface area contributed by atoms with Crippen LogP contribution in [0, 0.1) is 13.8 Å². The molecule has 1 fully saturated rings. The summed E-state index contributed by atoms with van der Waals surface area (Å²) in [5.74, 6) is 0.805. The van der Waals surface area contributed by atoms with Gasteiger partial charge in [0.25, 0.3) is 0 Å². The standard InChI is InChI=1S/C26H29ClN2O3/c1-5-31-25-19(4)26-23(18(3)16-32-26)15-22(25)17(2)13-24(30)29-11-9-28(10-12-29)21-8-6-7-20(27)14-21/h6-8,13-16H,5,9-12H2,1-4H3/b17-13+. The van der Waals surface area contributed by atoms with Crippen LogP contribution in [0.15, 0.2) is 47.1 Å². The number of carbonyl (C=O) groups is 1. The van der Waals surface area contributed by atoms with E-state index in [0.717, 1.165) is 62.8 Å². The Morgan fingerprint density at radius 2 is 1.94 bits per heavy atom. The zero-order valence-corrected chi connectivity index (χ0v) is 19.8. The maximum absolute atomic E-state index is 13.1. The smallest absolute Gasteiger partial charge is 0.246 e. The predicted molar refractivity (Wildman–Crippen MR) is 131 cm³/mol. The van der Waals surface area contributed by atoms with E-state index >= 15 is 0 Å². The molecule has 0 atom stereocenters. The maximum atomic E-state index is 13.1. The number of carbonyl (C=O) groups excluding carboxylic acids is 1. The molecule has 1 amide bonds. The first-order valence-electron chi connectivity index (χ1n) is 11.0. The number of fused-ring (bicyclic) bond motifs is 1. The first-order valence-corrected chi connectivity index (χ1v) is 11.4. The van der Waals surface area contributed by atoms with Crippen LogP contribution < -0.4 is 9.64 Å². The van der Waals surface area contributed by atoms with E-state index < -0.39 is 0 Å². The number of benzene rings is 2. The highest BCUT2D eigenvalue weighted by atomic mass is 35.5. The van der Waals surface area contributed by atoms with Gasteiger partial charge in [0.1, 0.15) is 11.3 Å². The Kier molecular flexibility index (Phi) is 6.47. The Balaban J connectivity index is 1.54. The molecule has 0 bridgehead atoms. The van der Waals surface area contributed by atoms with Crippen LogP contribution in [0.1, 0.15) is 30.5 Å². The quantitative estimate of drug-likeness (QED) is 0.455. The Morgan fingerprint density at radius 3 is 2.62 bits per heavy atom. The van der Waals surface area contributed by atoms with E-state index in [1.807, 2.05) is 50.8 Å². The second-order valence-electron chi connectivity index (χ2n) is 8.23. The van der Waals surface area contributed by atoms with E-state index in [-0.39, 0.29) is 5.91 Å². The van der Waals surface area contributed by atoms with Crippen LogP contribution >= 0.6 is 11.6 Å². The van der Waals surface area contributed by atoms with Gasteiger partial charge in [0, 0.05) is 59.5 Å². The van der Waals surface area contributed by atoms with Crippen molar-refractivity contribution < 1.29 is 13.9 Å². The third-order valence-electron chi connectivity index (χ3n) is 6.06. The third kappa shape index (κ3) is 4.35. The van der Waals surface area contributed by atoms with Gasteiger partial charge in [0.05, 0.1) is 12.9 Å². The maximum Gasteiger partial charge on any atom is 0.246 e. The monoisotopic (exact) mass is 452 g/mol. The highest BCUT2D eigenvalue weighted by molar-refractivity contribution is 6.30. The van der Waals surface area contributed by atoms with Crippen molar-refractivity contribution in [2.75, 3.05) is 37.7 Å². The third-order valence-corrected chi connectivity index (χ3v) is 6.29.